The zero-order chi connectivity index (χ0) is 17.8. The topological polar surface area (TPSA) is 25.8 Å². The molecular formula is C24H14N2S. The summed E-state index contributed by atoms with van der Waals surface area (Å²) in [6.45, 7) is 0. The number of thiophene rings is 1. The Hall–Kier alpha value is -3.30. The van der Waals surface area contributed by atoms with Gasteiger partial charge in [0, 0.05) is 32.4 Å². The molecule has 3 aromatic carbocycles. The zero-order valence-corrected chi connectivity index (χ0v) is 15.2. The first kappa shape index (κ1) is 14.8. The van der Waals surface area contributed by atoms with Crippen molar-refractivity contribution in [2.45, 2.75) is 0 Å². The van der Waals surface area contributed by atoms with Crippen molar-refractivity contribution in [3.63, 3.8) is 0 Å². The summed E-state index contributed by atoms with van der Waals surface area (Å²) in [5.41, 5.74) is 2.93. The molecule has 0 aliphatic heterocycles. The Balaban J connectivity index is 1.80. The van der Waals surface area contributed by atoms with Crippen molar-refractivity contribution < 1.29 is 0 Å². The fourth-order valence-corrected chi connectivity index (χ4v) is 5.09. The molecule has 27 heavy (non-hydrogen) atoms. The Morgan fingerprint density at radius 1 is 0.556 bits per heavy atom. The summed E-state index contributed by atoms with van der Waals surface area (Å²) in [5, 5.41) is 6.08. The van der Waals surface area contributed by atoms with Crippen LogP contribution < -0.4 is 0 Å². The van der Waals surface area contributed by atoms with Gasteiger partial charge in [0.15, 0.2) is 0 Å². The third-order valence-corrected chi connectivity index (χ3v) is 6.32. The van der Waals surface area contributed by atoms with Crippen LogP contribution in [0, 0.1) is 0 Å². The van der Waals surface area contributed by atoms with Gasteiger partial charge in [0.25, 0.3) is 0 Å². The third kappa shape index (κ3) is 2.12. The second-order valence-corrected chi connectivity index (χ2v) is 7.71. The average molecular weight is 362 g/mol. The molecule has 0 bridgehead atoms. The summed E-state index contributed by atoms with van der Waals surface area (Å²) >= 11 is 1.79. The molecule has 6 rings (SSSR count). The largest absolute Gasteiger partial charge is 0.253 e. The van der Waals surface area contributed by atoms with Crippen LogP contribution >= 0.6 is 11.3 Å². The van der Waals surface area contributed by atoms with Crippen LogP contribution in [0.5, 0.6) is 0 Å². The van der Waals surface area contributed by atoms with Gasteiger partial charge >= 0.3 is 0 Å². The summed E-state index contributed by atoms with van der Waals surface area (Å²) in [6, 6.07) is 27.5. The van der Waals surface area contributed by atoms with E-state index >= 15 is 0 Å². The van der Waals surface area contributed by atoms with Crippen LogP contribution in [0.2, 0.25) is 0 Å². The van der Waals surface area contributed by atoms with Gasteiger partial charge in [-0.15, -0.1) is 11.3 Å². The molecule has 2 nitrogen and oxygen atoms in total. The Labute approximate surface area is 159 Å². The van der Waals surface area contributed by atoms with Crippen LogP contribution in [-0.2, 0) is 0 Å². The number of rotatable bonds is 1. The van der Waals surface area contributed by atoms with E-state index in [1.54, 1.807) is 11.3 Å². The highest BCUT2D eigenvalue weighted by atomic mass is 32.1. The second-order valence-electron chi connectivity index (χ2n) is 6.66. The van der Waals surface area contributed by atoms with Crippen molar-refractivity contribution in [1.82, 2.24) is 9.97 Å². The van der Waals surface area contributed by atoms with Gasteiger partial charge in [-0.2, -0.15) is 0 Å². The number of para-hydroxylation sites is 1. The van der Waals surface area contributed by atoms with E-state index in [0.717, 1.165) is 22.3 Å². The minimum absolute atomic E-state index is 0.960. The highest BCUT2D eigenvalue weighted by Crippen LogP contribution is 2.40. The van der Waals surface area contributed by atoms with Gasteiger partial charge in [-0.1, -0.05) is 60.7 Å². The molecule has 0 aliphatic carbocycles. The maximum atomic E-state index is 5.04. The highest BCUT2D eigenvalue weighted by molar-refractivity contribution is 7.26. The van der Waals surface area contributed by atoms with Gasteiger partial charge in [0.2, 0.25) is 0 Å². The molecule has 0 N–H and O–H groups in total. The van der Waals surface area contributed by atoms with Crippen LogP contribution in [0.3, 0.4) is 0 Å². The van der Waals surface area contributed by atoms with E-state index < -0.39 is 0 Å². The van der Waals surface area contributed by atoms with Crippen LogP contribution in [0.25, 0.3) is 53.2 Å². The fraction of sp³-hybridized carbons (Fsp3) is 0. The van der Waals surface area contributed by atoms with Crippen molar-refractivity contribution in [2.75, 3.05) is 0 Å². The molecule has 0 atom stereocenters. The van der Waals surface area contributed by atoms with Gasteiger partial charge in [0.1, 0.15) is 5.69 Å². The van der Waals surface area contributed by atoms with Gasteiger partial charge in [-0.3, -0.25) is 4.98 Å². The number of fused-ring (bicyclic) bond motifs is 6. The summed E-state index contributed by atoms with van der Waals surface area (Å²) in [5.74, 6) is 0. The van der Waals surface area contributed by atoms with Gasteiger partial charge in [-0.05, 0) is 23.6 Å². The maximum absolute atomic E-state index is 5.04. The predicted octanol–water partition coefficient (Wildman–Crippen LogP) is 6.82. The number of aromatic nitrogens is 2. The highest BCUT2D eigenvalue weighted by Gasteiger charge is 2.16. The standard InChI is InChI=1S/C24H14N2S/c1-2-10-18-15(7-1)16-8-3-5-11-20(16)26-22(18)23-24-19(13-14-25-23)17-9-4-6-12-21(17)27-24/h1-14H. The van der Waals surface area contributed by atoms with Crippen molar-refractivity contribution in [2.24, 2.45) is 0 Å². The summed E-state index contributed by atoms with van der Waals surface area (Å²) < 4.78 is 2.48. The zero-order valence-electron chi connectivity index (χ0n) is 14.4. The monoisotopic (exact) mass is 362 g/mol. The molecule has 3 heteroatoms. The number of pyridine rings is 2. The van der Waals surface area contributed by atoms with Crippen molar-refractivity contribution in [3.8, 4) is 11.4 Å². The third-order valence-electron chi connectivity index (χ3n) is 5.13. The molecule has 126 valence electrons. The number of hydrogen-bond donors (Lipinski definition) is 0. The molecule has 0 unspecified atom stereocenters. The molecule has 0 saturated heterocycles. The SMILES string of the molecule is c1ccc2c(c1)nc(-c1nccc3c1sc1ccccc13)c1ccccc12. The fourth-order valence-electron chi connectivity index (χ4n) is 3.90. The molecule has 6 aromatic rings. The molecule has 0 fully saturated rings. The van der Waals surface area contributed by atoms with Gasteiger partial charge in [-0.25, -0.2) is 4.98 Å². The molecular weight excluding hydrogens is 348 g/mol. The minimum Gasteiger partial charge on any atom is -0.253 e. The molecule has 0 amide bonds. The van der Waals surface area contributed by atoms with E-state index in [2.05, 4.69) is 72.8 Å². The first-order chi connectivity index (χ1) is 13.4. The summed E-state index contributed by atoms with van der Waals surface area (Å²) in [4.78, 5) is 9.82. The van der Waals surface area contributed by atoms with Gasteiger partial charge < -0.3 is 0 Å². The Morgan fingerprint density at radius 2 is 1.26 bits per heavy atom. The van der Waals surface area contributed by atoms with E-state index in [1.807, 2.05) is 12.3 Å². The molecule has 3 aromatic heterocycles. The quantitative estimate of drug-likeness (QED) is 0.300. The lowest BCUT2D eigenvalue weighted by atomic mass is 10.0. The van der Waals surface area contributed by atoms with Crippen LogP contribution in [-0.4, -0.2) is 9.97 Å². The lowest BCUT2D eigenvalue weighted by Crippen LogP contribution is -1.91. The number of benzene rings is 3. The molecule has 0 saturated carbocycles. The normalized spacial score (nSPS) is 11.7. The van der Waals surface area contributed by atoms with Crippen molar-refractivity contribution in [3.05, 3.63) is 85.1 Å². The van der Waals surface area contributed by atoms with Crippen molar-refractivity contribution >= 4 is 53.2 Å². The average Bonchev–Trinajstić information content (AvgIpc) is 3.12. The molecule has 3 heterocycles. The Kier molecular flexibility index (Phi) is 3.07. The lowest BCUT2D eigenvalue weighted by Gasteiger charge is -2.10. The number of hydrogen-bond acceptors (Lipinski definition) is 3. The van der Waals surface area contributed by atoms with E-state index in [-0.39, 0.29) is 0 Å². The van der Waals surface area contributed by atoms with E-state index in [9.17, 15) is 0 Å². The van der Waals surface area contributed by atoms with E-state index in [1.165, 1.54) is 30.9 Å². The first-order valence-corrected chi connectivity index (χ1v) is 9.76. The smallest absolute Gasteiger partial charge is 0.107 e. The van der Waals surface area contributed by atoms with E-state index in [0.29, 0.717) is 0 Å². The van der Waals surface area contributed by atoms with Crippen LogP contribution in [0.15, 0.2) is 85.1 Å². The summed E-state index contributed by atoms with van der Waals surface area (Å²) in [7, 11) is 0. The Morgan fingerprint density at radius 3 is 2.15 bits per heavy atom. The predicted molar refractivity (Wildman–Crippen MR) is 115 cm³/mol. The van der Waals surface area contributed by atoms with Crippen LogP contribution in [0.4, 0.5) is 0 Å². The number of nitrogens with zero attached hydrogens (tertiary/aromatic N) is 2. The van der Waals surface area contributed by atoms with Crippen molar-refractivity contribution in [1.29, 1.82) is 0 Å². The molecule has 0 radical (unpaired) electrons. The van der Waals surface area contributed by atoms with Crippen LogP contribution in [0.1, 0.15) is 0 Å². The maximum Gasteiger partial charge on any atom is 0.107 e. The second kappa shape index (κ2) is 5.60. The molecule has 0 aliphatic rings. The summed E-state index contributed by atoms with van der Waals surface area (Å²) in [6.07, 6.45) is 1.91. The van der Waals surface area contributed by atoms with E-state index in [4.69, 9.17) is 9.97 Å². The first-order valence-electron chi connectivity index (χ1n) is 8.94. The minimum atomic E-state index is 0.960. The Bertz CT molecular complexity index is 1480. The molecule has 0 spiro atoms. The lowest BCUT2D eigenvalue weighted by molar-refractivity contribution is 1.32. The van der Waals surface area contributed by atoms with Gasteiger partial charge in [0.05, 0.1) is 15.9 Å².